The van der Waals surface area contributed by atoms with E-state index in [-0.39, 0.29) is 6.08 Å². The topological polar surface area (TPSA) is 35.5 Å². The number of hydrogen-bond donors (Lipinski definition) is 0. The molecule has 2 unspecified atom stereocenters. The van der Waals surface area contributed by atoms with E-state index in [9.17, 15) is 70.7 Å². The largest absolute Gasteiger partial charge is 0.460 e. The summed E-state index contributed by atoms with van der Waals surface area (Å²) >= 11 is 0. The second kappa shape index (κ2) is 7.75. The van der Waals surface area contributed by atoms with Gasteiger partial charge in [0, 0.05) is 6.08 Å². The molecule has 0 aliphatic heterocycles. The molecule has 0 aromatic rings. The maximum absolute atomic E-state index is 13.2. The summed E-state index contributed by atoms with van der Waals surface area (Å²) in [5, 5.41) is 0. The SMILES string of the molecule is C=CC(=O)OC(F)C(OC(F)(F)C(F)(F)C(F)(F)C(F)(F)C(F)(F)F)C(F)(F)F. The molecule has 0 N–H and O–H groups in total. The van der Waals surface area contributed by atoms with Crippen molar-refractivity contribution in [1.82, 2.24) is 0 Å². The average molecular weight is 470 g/mol. The van der Waals surface area contributed by atoms with Gasteiger partial charge in [-0.05, 0) is 0 Å². The molecule has 0 aliphatic carbocycles. The Morgan fingerprint density at radius 2 is 1.17 bits per heavy atom. The number of ether oxygens (including phenoxy) is 2. The molecule has 3 nitrogen and oxygen atoms in total. The average Bonchev–Trinajstić information content (AvgIpc) is 2.49. The third-order valence-electron chi connectivity index (χ3n) is 2.74. The highest BCUT2D eigenvalue weighted by Crippen LogP contribution is 2.58. The fourth-order valence-corrected chi connectivity index (χ4v) is 1.28. The van der Waals surface area contributed by atoms with Crippen molar-refractivity contribution in [2.45, 2.75) is 48.7 Å². The number of hydrogen-bond acceptors (Lipinski definition) is 3. The van der Waals surface area contributed by atoms with Crippen LogP contribution in [0.15, 0.2) is 12.7 Å². The van der Waals surface area contributed by atoms with Gasteiger partial charge in [0.25, 0.3) is 6.36 Å². The van der Waals surface area contributed by atoms with E-state index in [2.05, 4.69) is 16.1 Å². The Morgan fingerprint density at radius 1 is 0.759 bits per heavy atom. The van der Waals surface area contributed by atoms with Gasteiger partial charge in [-0.2, -0.15) is 65.9 Å². The van der Waals surface area contributed by atoms with Crippen LogP contribution in [0.3, 0.4) is 0 Å². The van der Waals surface area contributed by atoms with Crippen molar-refractivity contribution in [1.29, 1.82) is 0 Å². The minimum absolute atomic E-state index is 0.0786. The summed E-state index contributed by atoms with van der Waals surface area (Å²) in [6.07, 6.45) is -31.2. The fourth-order valence-electron chi connectivity index (χ4n) is 1.28. The van der Waals surface area contributed by atoms with Crippen molar-refractivity contribution in [2.75, 3.05) is 0 Å². The third kappa shape index (κ3) is 5.00. The quantitative estimate of drug-likeness (QED) is 0.284. The Kier molecular flexibility index (Phi) is 7.25. The molecule has 0 aromatic heterocycles. The van der Waals surface area contributed by atoms with E-state index in [1.807, 2.05) is 0 Å². The number of carbonyl (C=O) groups is 1. The first-order valence-corrected chi connectivity index (χ1v) is 6.27. The molecule has 0 saturated heterocycles. The standard InChI is InChI=1S/C11H5F15O3/c1-2-3(27)28-5(12)4(6(13,14)15)29-11(25,26)9(20,21)7(16,17)8(18,19)10(22,23)24/h2,4-5H,1H2. The van der Waals surface area contributed by atoms with Crippen molar-refractivity contribution >= 4 is 5.97 Å². The Hall–Kier alpha value is -1.88. The molecule has 18 heteroatoms. The van der Waals surface area contributed by atoms with Crippen LogP contribution in [0, 0.1) is 0 Å². The molecule has 0 aromatic carbocycles. The van der Waals surface area contributed by atoms with Gasteiger partial charge in [0.15, 0.2) is 0 Å². The molecule has 0 heterocycles. The summed E-state index contributed by atoms with van der Waals surface area (Å²) in [4.78, 5) is 10.5. The lowest BCUT2D eigenvalue weighted by Gasteiger charge is -2.38. The predicted octanol–water partition coefficient (Wildman–Crippen LogP) is 5.02. The molecule has 0 bridgehead atoms. The monoisotopic (exact) mass is 470 g/mol. The molecule has 0 rings (SSSR count). The van der Waals surface area contributed by atoms with Crippen LogP contribution < -0.4 is 0 Å². The molecular weight excluding hydrogens is 465 g/mol. The molecule has 0 amide bonds. The Morgan fingerprint density at radius 3 is 1.48 bits per heavy atom. The normalized spacial score (nSPS) is 16.9. The van der Waals surface area contributed by atoms with E-state index in [4.69, 9.17) is 0 Å². The first kappa shape index (κ1) is 27.1. The highest BCUT2D eigenvalue weighted by atomic mass is 19.4. The van der Waals surface area contributed by atoms with Gasteiger partial charge in [0.2, 0.25) is 6.10 Å². The van der Waals surface area contributed by atoms with E-state index in [1.165, 1.54) is 0 Å². The summed E-state index contributed by atoms with van der Waals surface area (Å²) in [6, 6.07) is 0. The predicted molar refractivity (Wildman–Crippen MR) is 58.0 cm³/mol. The van der Waals surface area contributed by atoms with Gasteiger partial charge in [-0.1, -0.05) is 6.58 Å². The van der Waals surface area contributed by atoms with Crippen molar-refractivity contribution in [2.24, 2.45) is 0 Å². The van der Waals surface area contributed by atoms with E-state index >= 15 is 0 Å². The molecule has 0 radical (unpaired) electrons. The molecule has 0 aliphatic rings. The highest BCUT2D eigenvalue weighted by Gasteiger charge is 2.88. The Balaban J connectivity index is 6.16. The second-order valence-electron chi connectivity index (χ2n) is 4.81. The smallest absolute Gasteiger partial charge is 0.425 e. The number of esters is 1. The first-order chi connectivity index (χ1) is 12.5. The second-order valence-corrected chi connectivity index (χ2v) is 4.81. The van der Waals surface area contributed by atoms with Crippen LogP contribution in [0.4, 0.5) is 65.9 Å². The van der Waals surface area contributed by atoms with Crippen LogP contribution in [-0.4, -0.2) is 54.7 Å². The molecule has 2 atom stereocenters. The Labute approximate surface area is 149 Å². The summed E-state index contributed by atoms with van der Waals surface area (Å²) in [5.41, 5.74) is 0. The minimum Gasteiger partial charge on any atom is -0.425 e. The van der Waals surface area contributed by atoms with Crippen molar-refractivity contribution < 1.29 is 80.1 Å². The summed E-state index contributed by atoms with van der Waals surface area (Å²) in [6.45, 7) is 2.51. The van der Waals surface area contributed by atoms with Gasteiger partial charge in [-0.3, -0.25) is 4.74 Å². The number of halogens is 15. The zero-order valence-electron chi connectivity index (χ0n) is 12.8. The van der Waals surface area contributed by atoms with E-state index in [0.29, 0.717) is 0 Å². The third-order valence-corrected chi connectivity index (χ3v) is 2.74. The molecular formula is C11H5F15O3. The van der Waals surface area contributed by atoms with Gasteiger partial charge in [-0.25, -0.2) is 4.79 Å². The lowest BCUT2D eigenvalue weighted by atomic mass is 10.0. The number of rotatable bonds is 8. The van der Waals surface area contributed by atoms with Crippen LogP contribution in [0.25, 0.3) is 0 Å². The molecule has 29 heavy (non-hydrogen) atoms. The lowest BCUT2D eigenvalue weighted by molar-refractivity contribution is -0.473. The van der Waals surface area contributed by atoms with Gasteiger partial charge in [0.1, 0.15) is 0 Å². The first-order valence-electron chi connectivity index (χ1n) is 6.27. The molecule has 0 fully saturated rings. The molecule has 172 valence electrons. The fraction of sp³-hybridized carbons (Fsp3) is 0.727. The van der Waals surface area contributed by atoms with Crippen LogP contribution >= 0.6 is 0 Å². The van der Waals surface area contributed by atoms with E-state index in [0.717, 1.165) is 0 Å². The number of carbonyl (C=O) groups excluding carboxylic acids is 1. The van der Waals surface area contributed by atoms with Gasteiger partial charge in [-0.15, -0.1) is 0 Å². The van der Waals surface area contributed by atoms with Crippen molar-refractivity contribution in [3.8, 4) is 0 Å². The Bertz CT molecular complexity index is 606. The highest BCUT2D eigenvalue weighted by molar-refractivity contribution is 5.81. The van der Waals surface area contributed by atoms with Crippen LogP contribution in [0.2, 0.25) is 0 Å². The molecule has 0 spiro atoms. The van der Waals surface area contributed by atoms with Crippen molar-refractivity contribution in [3.63, 3.8) is 0 Å². The zero-order valence-corrected chi connectivity index (χ0v) is 12.8. The summed E-state index contributed by atoms with van der Waals surface area (Å²) < 4.78 is 195. The molecule has 0 saturated carbocycles. The number of alkyl halides is 15. The van der Waals surface area contributed by atoms with Gasteiger partial charge < -0.3 is 4.74 Å². The van der Waals surface area contributed by atoms with Gasteiger partial charge >= 0.3 is 42.2 Å². The van der Waals surface area contributed by atoms with E-state index < -0.39 is 54.7 Å². The van der Waals surface area contributed by atoms with Crippen LogP contribution in [0.5, 0.6) is 0 Å². The van der Waals surface area contributed by atoms with Crippen LogP contribution in [0.1, 0.15) is 0 Å². The summed E-state index contributed by atoms with van der Waals surface area (Å²) in [7, 11) is 0. The van der Waals surface area contributed by atoms with Crippen LogP contribution in [-0.2, 0) is 14.3 Å². The van der Waals surface area contributed by atoms with Crippen molar-refractivity contribution in [3.05, 3.63) is 12.7 Å². The maximum atomic E-state index is 13.2. The van der Waals surface area contributed by atoms with Gasteiger partial charge in [0.05, 0.1) is 0 Å². The lowest BCUT2D eigenvalue weighted by Crippen LogP contribution is -2.68. The van der Waals surface area contributed by atoms with E-state index in [1.54, 1.807) is 0 Å². The maximum Gasteiger partial charge on any atom is 0.460 e. The summed E-state index contributed by atoms with van der Waals surface area (Å²) in [5.74, 6) is -26.1. The zero-order chi connectivity index (χ0) is 23.9. The minimum atomic E-state index is -8.08.